The van der Waals surface area contributed by atoms with Crippen LogP contribution in [0.15, 0.2) is 79.3 Å². The molecular weight excluding hydrogens is 498 g/mol. The smallest absolute Gasteiger partial charge is 0.337 e. The van der Waals surface area contributed by atoms with E-state index in [1.54, 1.807) is 38.6 Å². The summed E-state index contributed by atoms with van der Waals surface area (Å²) in [4.78, 5) is 37.3. The van der Waals surface area contributed by atoms with Gasteiger partial charge in [0.15, 0.2) is 11.5 Å². The van der Waals surface area contributed by atoms with Crippen LogP contribution < -0.4 is 9.47 Å². The summed E-state index contributed by atoms with van der Waals surface area (Å²) in [6, 6.07) is 17.1. The average molecular weight is 522 g/mol. The van der Waals surface area contributed by atoms with E-state index in [0.717, 1.165) is 22.0 Å². The first-order chi connectivity index (χ1) is 18.9. The minimum atomic E-state index is -1.15. The number of aromatic carboxylic acids is 2. The highest BCUT2D eigenvalue weighted by Crippen LogP contribution is 2.37. The molecule has 39 heavy (non-hydrogen) atoms. The van der Waals surface area contributed by atoms with E-state index in [9.17, 15) is 19.8 Å². The highest BCUT2D eigenvalue weighted by molar-refractivity contribution is 6.01. The van der Waals surface area contributed by atoms with Crippen LogP contribution in [0.2, 0.25) is 0 Å². The average Bonchev–Trinajstić information content (AvgIpc) is 2.96. The fourth-order valence-corrected chi connectivity index (χ4v) is 4.58. The van der Waals surface area contributed by atoms with Crippen molar-refractivity contribution >= 4 is 22.7 Å². The van der Waals surface area contributed by atoms with Gasteiger partial charge in [0.1, 0.15) is 0 Å². The molecule has 0 aliphatic heterocycles. The lowest BCUT2D eigenvalue weighted by Crippen LogP contribution is -2.05. The summed E-state index contributed by atoms with van der Waals surface area (Å²) in [7, 11) is 3.15. The predicted octanol–water partition coefficient (Wildman–Crippen LogP) is 5.36. The molecule has 5 rings (SSSR count). The van der Waals surface area contributed by atoms with Crippen molar-refractivity contribution in [3.05, 3.63) is 102 Å². The number of rotatable bonds is 8. The van der Waals surface area contributed by atoms with E-state index in [0.29, 0.717) is 29.0 Å². The zero-order valence-electron chi connectivity index (χ0n) is 21.1. The lowest BCUT2D eigenvalue weighted by molar-refractivity contribution is 0.0686. The van der Waals surface area contributed by atoms with E-state index in [1.165, 1.54) is 24.5 Å². The number of hydrogen-bond donors (Lipinski definition) is 2. The number of fused-ring (bicyclic) bond motifs is 1. The molecule has 0 radical (unpaired) electrons. The molecule has 0 fully saturated rings. The van der Waals surface area contributed by atoms with Crippen molar-refractivity contribution in [3.8, 4) is 34.0 Å². The van der Waals surface area contributed by atoms with Gasteiger partial charge in [0.25, 0.3) is 0 Å². The van der Waals surface area contributed by atoms with Gasteiger partial charge in [-0.3, -0.25) is 15.0 Å². The zero-order chi connectivity index (χ0) is 27.5. The van der Waals surface area contributed by atoms with Crippen LogP contribution in [0.4, 0.5) is 0 Å². The van der Waals surface area contributed by atoms with Gasteiger partial charge in [-0.05, 0) is 59.5 Å². The van der Waals surface area contributed by atoms with Crippen LogP contribution in [-0.4, -0.2) is 51.3 Å². The van der Waals surface area contributed by atoms with Gasteiger partial charge in [0, 0.05) is 41.5 Å². The van der Waals surface area contributed by atoms with E-state index in [4.69, 9.17) is 9.47 Å². The van der Waals surface area contributed by atoms with Crippen molar-refractivity contribution in [2.45, 2.75) is 6.42 Å². The van der Waals surface area contributed by atoms with Gasteiger partial charge in [-0.15, -0.1) is 0 Å². The first-order valence-corrected chi connectivity index (χ1v) is 11.9. The monoisotopic (exact) mass is 521 g/mol. The Labute approximate surface area is 223 Å². The number of ether oxygens (including phenoxy) is 2. The number of carboxylic acid groups (broad SMARTS) is 2. The molecule has 2 N–H and O–H groups in total. The largest absolute Gasteiger partial charge is 0.493 e. The van der Waals surface area contributed by atoms with Gasteiger partial charge >= 0.3 is 11.9 Å². The summed E-state index contributed by atoms with van der Waals surface area (Å²) in [6.45, 7) is 0. The highest BCUT2D eigenvalue weighted by Gasteiger charge is 2.21. The van der Waals surface area contributed by atoms with E-state index in [-0.39, 0.29) is 22.5 Å². The number of pyridine rings is 3. The number of hydrogen-bond acceptors (Lipinski definition) is 7. The SMILES string of the molecule is COc1cc2ccnc(Cc3ccc(-c4ncccc4C(=O)O)c(-c4ncccc4C(=O)O)c3)c2cc1OC. The summed E-state index contributed by atoms with van der Waals surface area (Å²) < 4.78 is 10.9. The molecule has 0 spiro atoms. The Bertz CT molecular complexity index is 1730. The quantitative estimate of drug-likeness (QED) is 0.277. The molecule has 3 aromatic heterocycles. The Kier molecular flexibility index (Phi) is 6.88. The lowest BCUT2D eigenvalue weighted by Gasteiger charge is -2.15. The normalized spacial score (nSPS) is 10.8. The fraction of sp³-hybridized carbons (Fsp3) is 0.100. The Balaban J connectivity index is 1.70. The van der Waals surface area contributed by atoms with Gasteiger partial charge in [0.05, 0.1) is 42.4 Å². The molecule has 0 saturated carbocycles. The molecule has 2 aromatic carbocycles. The summed E-state index contributed by atoms with van der Waals surface area (Å²) in [5, 5.41) is 21.4. The van der Waals surface area contributed by atoms with E-state index in [2.05, 4.69) is 15.0 Å². The first kappa shape index (κ1) is 25.3. The van der Waals surface area contributed by atoms with E-state index in [1.807, 2.05) is 30.3 Å². The minimum Gasteiger partial charge on any atom is -0.493 e. The summed E-state index contributed by atoms with van der Waals surface area (Å²) >= 11 is 0. The maximum Gasteiger partial charge on any atom is 0.337 e. The molecule has 0 unspecified atom stereocenters. The summed E-state index contributed by atoms with van der Waals surface area (Å²) in [5.41, 5.74) is 2.91. The van der Waals surface area contributed by atoms with Crippen LogP contribution >= 0.6 is 0 Å². The Morgan fingerprint density at radius 2 is 1.33 bits per heavy atom. The second kappa shape index (κ2) is 10.6. The Morgan fingerprint density at radius 1 is 0.718 bits per heavy atom. The van der Waals surface area contributed by atoms with Crippen molar-refractivity contribution in [2.75, 3.05) is 14.2 Å². The van der Waals surface area contributed by atoms with Crippen molar-refractivity contribution < 1.29 is 29.3 Å². The molecule has 0 amide bonds. The van der Waals surface area contributed by atoms with Gasteiger partial charge < -0.3 is 19.7 Å². The van der Waals surface area contributed by atoms with Crippen LogP contribution in [-0.2, 0) is 6.42 Å². The molecule has 3 heterocycles. The maximum atomic E-state index is 12.1. The van der Waals surface area contributed by atoms with Gasteiger partial charge in [-0.25, -0.2) is 9.59 Å². The van der Waals surface area contributed by atoms with Crippen molar-refractivity contribution in [1.29, 1.82) is 0 Å². The van der Waals surface area contributed by atoms with Crippen LogP contribution in [0.3, 0.4) is 0 Å². The van der Waals surface area contributed by atoms with Crippen molar-refractivity contribution in [3.63, 3.8) is 0 Å². The van der Waals surface area contributed by atoms with Gasteiger partial charge in [-0.2, -0.15) is 0 Å². The third-order valence-electron chi connectivity index (χ3n) is 6.39. The van der Waals surface area contributed by atoms with Crippen LogP contribution in [0.5, 0.6) is 11.5 Å². The molecule has 0 saturated heterocycles. The standard InChI is InChI=1S/C30H23N3O6/c1-38-25-15-18-9-12-31-24(22(18)16-26(25)39-2)14-17-7-8-19(27-20(29(34)35)5-3-10-32-27)23(13-17)28-21(30(36)37)6-4-11-33-28/h3-13,15-16H,14H2,1-2H3,(H,34,35)(H,36,37). The number of aromatic nitrogens is 3. The van der Waals surface area contributed by atoms with Gasteiger partial charge in [-0.1, -0.05) is 12.1 Å². The molecule has 0 atom stereocenters. The van der Waals surface area contributed by atoms with Crippen LogP contribution in [0.25, 0.3) is 33.3 Å². The maximum absolute atomic E-state index is 12.1. The molecule has 5 aromatic rings. The minimum absolute atomic E-state index is 0.00364. The Morgan fingerprint density at radius 3 is 1.95 bits per heavy atom. The molecular formula is C30H23N3O6. The Hall–Kier alpha value is -5.31. The molecule has 0 aliphatic rings. The zero-order valence-corrected chi connectivity index (χ0v) is 21.1. The number of benzene rings is 2. The van der Waals surface area contributed by atoms with E-state index < -0.39 is 11.9 Å². The summed E-state index contributed by atoms with van der Waals surface area (Å²) in [5.74, 6) is -1.11. The third kappa shape index (κ3) is 4.85. The van der Waals surface area contributed by atoms with Gasteiger partial charge in [0.2, 0.25) is 0 Å². The van der Waals surface area contributed by atoms with Crippen LogP contribution in [0.1, 0.15) is 32.0 Å². The van der Waals surface area contributed by atoms with E-state index >= 15 is 0 Å². The lowest BCUT2D eigenvalue weighted by atomic mass is 9.92. The number of carboxylic acids is 2. The highest BCUT2D eigenvalue weighted by atomic mass is 16.5. The fourth-order valence-electron chi connectivity index (χ4n) is 4.58. The molecule has 9 nitrogen and oxygen atoms in total. The molecule has 194 valence electrons. The second-order valence-corrected chi connectivity index (χ2v) is 8.65. The first-order valence-electron chi connectivity index (χ1n) is 11.9. The second-order valence-electron chi connectivity index (χ2n) is 8.65. The van der Waals surface area contributed by atoms with Crippen molar-refractivity contribution in [2.24, 2.45) is 0 Å². The number of nitrogens with zero attached hydrogens (tertiary/aromatic N) is 3. The summed E-state index contributed by atoms with van der Waals surface area (Å²) in [6.07, 6.45) is 5.12. The number of carbonyl (C=O) groups is 2. The predicted molar refractivity (Wildman–Crippen MR) is 144 cm³/mol. The third-order valence-corrected chi connectivity index (χ3v) is 6.39. The molecule has 0 bridgehead atoms. The molecule has 9 heteroatoms. The number of methoxy groups -OCH3 is 2. The van der Waals surface area contributed by atoms with Crippen LogP contribution in [0, 0.1) is 0 Å². The van der Waals surface area contributed by atoms with Crippen molar-refractivity contribution in [1.82, 2.24) is 15.0 Å². The topological polar surface area (TPSA) is 132 Å². The molecule has 0 aliphatic carbocycles.